The predicted octanol–water partition coefficient (Wildman–Crippen LogP) is 2.03. The fourth-order valence-electron chi connectivity index (χ4n) is 2.55. The molecule has 0 aliphatic carbocycles. The number of nitrogens with two attached hydrogens (primary N) is 1. The molecule has 4 nitrogen and oxygen atoms in total. The van der Waals surface area contributed by atoms with E-state index in [1.165, 1.54) is 11.1 Å². The average molecular weight is 264 g/mol. The summed E-state index contributed by atoms with van der Waals surface area (Å²) in [5.41, 5.74) is 9.60. The second kappa shape index (κ2) is 6.89. The number of nitrogens with zero attached hydrogens (tertiary/aromatic N) is 1. The standard InChI is InChI=1S/C15H24N2O2/c1-3-18-15(19-4-2)11-17-9-8-12-6-5-7-14(16)13(12)10-17/h5-7,15H,3-4,8-11,16H2,1-2H3. The van der Waals surface area contributed by atoms with Crippen LogP contribution < -0.4 is 5.73 Å². The van der Waals surface area contributed by atoms with Crippen molar-refractivity contribution in [2.75, 3.05) is 32.0 Å². The summed E-state index contributed by atoms with van der Waals surface area (Å²) in [4.78, 5) is 2.36. The van der Waals surface area contributed by atoms with Crippen LogP contribution >= 0.6 is 0 Å². The average Bonchev–Trinajstić information content (AvgIpc) is 2.40. The molecule has 0 saturated carbocycles. The lowest BCUT2D eigenvalue weighted by Crippen LogP contribution is -2.39. The second-order valence-corrected chi connectivity index (χ2v) is 4.81. The van der Waals surface area contributed by atoms with Crippen molar-refractivity contribution in [2.45, 2.75) is 33.1 Å². The Morgan fingerprint density at radius 2 is 2.00 bits per heavy atom. The van der Waals surface area contributed by atoms with Gasteiger partial charge in [-0.3, -0.25) is 4.90 Å². The van der Waals surface area contributed by atoms with Crippen molar-refractivity contribution in [3.05, 3.63) is 29.3 Å². The van der Waals surface area contributed by atoms with Crippen LogP contribution in [-0.4, -0.2) is 37.5 Å². The van der Waals surface area contributed by atoms with Gasteiger partial charge >= 0.3 is 0 Å². The normalized spacial score (nSPS) is 15.7. The van der Waals surface area contributed by atoms with E-state index < -0.39 is 0 Å². The first-order valence-corrected chi connectivity index (χ1v) is 7.06. The first-order chi connectivity index (χ1) is 9.24. The fourth-order valence-corrected chi connectivity index (χ4v) is 2.55. The lowest BCUT2D eigenvalue weighted by atomic mass is 9.98. The number of hydrogen-bond donors (Lipinski definition) is 1. The van der Waals surface area contributed by atoms with Gasteiger partial charge in [-0.15, -0.1) is 0 Å². The molecule has 0 amide bonds. The molecule has 106 valence electrons. The minimum Gasteiger partial charge on any atom is -0.398 e. The van der Waals surface area contributed by atoms with Gasteiger partial charge in [0.1, 0.15) is 0 Å². The number of benzene rings is 1. The summed E-state index contributed by atoms with van der Waals surface area (Å²) in [5, 5.41) is 0. The van der Waals surface area contributed by atoms with Crippen LogP contribution in [0.25, 0.3) is 0 Å². The Hall–Kier alpha value is -1.10. The topological polar surface area (TPSA) is 47.7 Å². The Balaban J connectivity index is 1.99. The summed E-state index contributed by atoms with van der Waals surface area (Å²) in [7, 11) is 0. The third-order valence-electron chi connectivity index (χ3n) is 3.50. The van der Waals surface area contributed by atoms with Crippen LogP contribution in [0.2, 0.25) is 0 Å². The number of anilines is 1. The lowest BCUT2D eigenvalue weighted by Gasteiger charge is -2.32. The number of fused-ring (bicyclic) bond motifs is 1. The smallest absolute Gasteiger partial charge is 0.170 e. The molecule has 0 radical (unpaired) electrons. The van der Waals surface area contributed by atoms with Crippen molar-refractivity contribution in [1.82, 2.24) is 4.90 Å². The second-order valence-electron chi connectivity index (χ2n) is 4.81. The van der Waals surface area contributed by atoms with E-state index in [1.54, 1.807) is 0 Å². The molecule has 0 saturated heterocycles. The molecule has 4 heteroatoms. The van der Waals surface area contributed by atoms with Crippen molar-refractivity contribution < 1.29 is 9.47 Å². The number of hydrogen-bond acceptors (Lipinski definition) is 4. The van der Waals surface area contributed by atoms with Gasteiger partial charge in [-0.1, -0.05) is 12.1 Å². The van der Waals surface area contributed by atoms with Crippen molar-refractivity contribution in [1.29, 1.82) is 0 Å². The fraction of sp³-hybridized carbons (Fsp3) is 0.600. The van der Waals surface area contributed by atoms with E-state index in [4.69, 9.17) is 15.2 Å². The van der Waals surface area contributed by atoms with Crippen LogP contribution in [-0.2, 0) is 22.4 Å². The molecule has 0 spiro atoms. The number of rotatable bonds is 6. The highest BCUT2D eigenvalue weighted by Crippen LogP contribution is 2.24. The van der Waals surface area contributed by atoms with Crippen LogP contribution in [0.5, 0.6) is 0 Å². The van der Waals surface area contributed by atoms with Crippen molar-refractivity contribution in [2.24, 2.45) is 0 Å². The molecular formula is C15H24N2O2. The van der Waals surface area contributed by atoms with E-state index in [0.717, 1.165) is 31.7 Å². The first-order valence-electron chi connectivity index (χ1n) is 7.06. The Kier molecular flexibility index (Phi) is 5.19. The van der Waals surface area contributed by atoms with Gasteiger partial charge in [0.2, 0.25) is 0 Å². The predicted molar refractivity (Wildman–Crippen MR) is 76.9 cm³/mol. The minimum atomic E-state index is -0.138. The molecular weight excluding hydrogens is 240 g/mol. The zero-order valence-corrected chi connectivity index (χ0v) is 11.9. The van der Waals surface area contributed by atoms with Gasteiger partial charge in [-0.2, -0.15) is 0 Å². The summed E-state index contributed by atoms with van der Waals surface area (Å²) in [6.07, 6.45) is 0.909. The Bertz CT molecular complexity index is 403. The van der Waals surface area contributed by atoms with E-state index in [9.17, 15) is 0 Å². The van der Waals surface area contributed by atoms with Crippen LogP contribution in [0, 0.1) is 0 Å². The molecule has 2 rings (SSSR count). The summed E-state index contributed by atoms with van der Waals surface area (Å²) in [5.74, 6) is 0. The van der Waals surface area contributed by atoms with Crippen molar-refractivity contribution in [3.63, 3.8) is 0 Å². The zero-order chi connectivity index (χ0) is 13.7. The molecule has 0 fully saturated rings. The van der Waals surface area contributed by atoms with Gasteiger partial charge in [0.05, 0.1) is 0 Å². The largest absolute Gasteiger partial charge is 0.398 e. The summed E-state index contributed by atoms with van der Waals surface area (Å²) in [6, 6.07) is 6.18. The number of ether oxygens (including phenoxy) is 2. The van der Waals surface area contributed by atoms with Crippen molar-refractivity contribution in [3.8, 4) is 0 Å². The maximum absolute atomic E-state index is 6.06. The highest BCUT2D eigenvalue weighted by Gasteiger charge is 2.21. The maximum Gasteiger partial charge on any atom is 0.170 e. The van der Waals surface area contributed by atoms with E-state index in [-0.39, 0.29) is 6.29 Å². The molecule has 19 heavy (non-hydrogen) atoms. The van der Waals surface area contributed by atoms with Gasteiger partial charge < -0.3 is 15.2 Å². The highest BCUT2D eigenvalue weighted by atomic mass is 16.7. The molecule has 0 atom stereocenters. The summed E-state index contributed by atoms with van der Waals surface area (Å²) < 4.78 is 11.2. The molecule has 0 bridgehead atoms. The molecule has 0 aromatic heterocycles. The zero-order valence-electron chi connectivity index (χ0n) is 11.9. The molecule has 2 N–H and O–H groups in total. The van der Waals surface area contributed by atoms with E-state index in [2.05, 4.69) is 11.0 Å². The van der Waals surface area contributed by atoms with Crippen molar-refractivity contribution >= 4 is 5.69 Å². The van der Waals surface area contributed by atoms with Crippen LogP contribution in [0.15, 0.2) is 18.2 Å². The molecule has 0 unspecified atom stereocenters. The number of nitrogen functional groups attached to an aromatic ring is 1. The van der Waals surface area contributed by atoms with E-state index in [1.807, 2.05) is 26.0 Å². The first kappa shape index (κ1) is 14.3. The Labute approximate surface area is 115 Å². The third kappa shape index (κ3) is 3.69. The Morgan fingerprint density at radius 1 is 1.26 bits per heavy atom. The minimum absolute atomic E-state index is 0.138. The maximum atomic E-state index is 6.06. The molecule has 1 aromatic carbocycles. The van der Waals surface area contributed by atoms with E-state index in [0.29, 0.717) is 13.2 Å². The molecule has 1 heterocycles. The van der Waals surface area contributed by atoms with Gasteiger partial charge in [0, 0.05) is 38.5 Å². The molecule has 1 aliphatic rings. The van der Waals surface area contributed by atoms with Gasteiger partial charge in [-0.25, -0.2) is 0 Å². The summed E-state index contributed by atoms with van der Waals surface area (Å²) in [6.45, 7) is 8.07. The lowest BCUT2D eigenvalue weighted by molar-refractivity contribution is -0.148. The quantitative estimate of drug-likeness (QED) is 0.631. The highest BCUT2D eigenvalue weighted by molar-refractivity contribution is 5.51. The monoisotopic (exact) mass is 264 g/mol. The SMILES string of the molecule is CCOC(CN1CCc2cccc(N)c2C1)OCC. The van der Waals surface area contributed by atoms with Gasteiger partial charge in [0.25, 0.3) is 0 Å². The van der Waals surface area contributed by atoms with E-state index >= 15 is 0 Å². The van der Waals surface area contributed by atoms with Crippen LogP contribution in [0.4, 0.5) is 5.69 Å². The third-order valence-corrected chi connectivity index (χ3v) is 3.50. The van der Waals surface area contributed by atoms with Crippen LogP contribution in [0.1, 0.15) is 25.0 Å². The Morgan fingerprint density at radius 3 is 2.68 bits per heavy atom. The molecule has 1 aromatic rings. The van der Waals surface area contributed by atoms with Crippen LogP contribution in [0.3, 0.4) is 0 Å². The summed E-state index contributed by atoms with van der Waals surface area (Å²) >= 11 is 0. The van der Waals surface area contributed by atoms with Gasteiger partial charge in [-0.05, 0) is 37.5 Å². The molecule has 1 aliphatic heterocycles. The van der Waals surface area contributed by atoms with Gasteiger partial charge in [0.15, 0.2) is 6.29 Å².